The van der Waals surface area contributed by atoms with Gasteiger partial charge in [-0.05, 0) is 44.4 Å². The van der Waals surface area contributed by atoms with Crippen LogP contribution in [0.25, 0.3) is 0 Å². The SMILES string of the molecule is C=CC(=O)OC(CC)C1C=C2CCCC(C2)C1. The second-order valence-corrected chi connectivity index (χ2v) is 5.27. The van der Waals surface area contributed by atoms with Crippen molar-refractivity contribution in [2.45, 2.75) is 51.6 Å². The quantitative estimate of drug-likeness (QED) is 0.422. The second kappa shape index (κ2) is 5.52. The molecule has 2 aliphatic rings. The number of carbonyl (C=O) groups excluding carboxylic acids is 1. The molecule has 2 nitrogen and oxygen atoms in total. The van der Waals surface area contributed by atoms with Crippen LogP contribution >= 0.6 is 0 Å². The van der Waals surface area contributed by atoms with Crippen LogP contribution in [0.3, 0.4) is 0 Å². The molecule has 0 aromatic carbocycles. The van der Waals surface area contributed by atoms with E-state index in [1.54, 1.807) is 5.57 Å². The highest BCUT2D eigenvalue weighted by atomic mass is 16.5. The van der Waals surface area contributed by atoms with Gasteiger partial charge in [-0.15, -0.1) is 0 Å². The number of fused-ring (bicyclic) bond motifs is 2. The predicted molar refractivity (Wildman–Crippen MR) is 68.5 cm³/mol. The summed E-state index contributed by atoms with van der Waals surface area (Å²) < 4.78 is 5.45. The topological polar surface area (TPSA) is 26.3 Å². The third-order valence-corrected chi connectivity index (χ3v) is 4.03. The van der Waals surface area contributed by atoms with E-state index < -0.39 is 0 Å². The molecule has 0 N–H and O–H groups in total. The van der Waals surface area contributed by atoms with Gasteiger partial charge in [-0.2, -0.15) is 0 Å². The molecule has 3 unspecified atom stereocenters. The Kier molecular flexibility index (Phi) is 4.03. The van der Waals surface area contributed by atoms with Gasteiger partial charge in [-0.1, -0.05) is 25.2 Å². The van der Waals surface area contributed by atoms with E-state index in [0.29, 0.717) is 5.92 Å². The van der Waals surface area contributed by atoms with Gasteiger partial charge in [0.05, 0.1) is 0 Å². The number of carbonyl (C=O) groups is 1. The minimum atomic E-state index is -0.286. The van der Waals surface area contributed by atoms with Gasteiger partial charge >= 0.3 is 5.97 Å². The van der Waals surface area contributed by atoms with Crippen LogP contribution < -0.4 is 0 Å². The van der Waals surface area contributed by atoms with Gasteiger partial charge in [0, 0.05) is 12.0 Å². The standard InChI is InChI=1S/C15H22O2/c1-3-14(17-15(16)4-2)13-9-11-6-5-7-12(8-11)10-13/h4,9,12-14H,2-3,5-8,10H2,1H3. The van der Waals surface area contributed by atoms with Gasteiger partial charge in [0.25, 0.3) is 0 Å². The first-order valence-electron chi connectivity index (χ1n) is 6.75. The predicted octanol–water partition coefficient (Wildman–Crippen LogP) is 3.63. The van der Waals surface area contributed by atoms with E-state index in [-0.39, 0.29) is 12.1 Å². The number of rotatable bonds is 4. The van der Waals surface area contributed by atoms with Crippen molar-refractivity contribution in [2.75, 3.05) is 0 Å². The fraction of sp³-hybridized carbons (Fsp3) is 0.667. The summed E-state index contributed by atoms with van der Waals surface area (Å²) in [5, 5.41) is 0. The average Bonchev–Trinajstić information content (AvgIpc) is 2.35. The molecule has 0 spiro atoms. The van der Waals surface area contributed by atoms with E-state index in [1.807, 2.05) is 0 Å². The van der Waals surface area contributed by atoms with Gasteiger partial charge in [-0.3, -0.25) is 0 Å². The average molecular weight is 234 g/mol. The normalized spacial score (nSPS) is 29.1. The number of hydrogen-bond donors (Lipinski definition) is 0. The largest absolute Gasteiger partial charge is 0.459 e. The molecule has 2 bridgehead atoms. The molecule has 94 valence electrons. The van der Waals surface area contributed by atoms with Gasteiger partial charge in [0.1, 0.15) is 6.10 Å². The molecule has 0 aliphatic heterocycles. The van der Waals surface area contributed by atoms with Crippen LogP contribution in [0, 0.1) is 11.8 Å². The number of ether oxygens (including phenoxy) is 1. The molecule has 17 heavy (non-hydrogen) atoms. The highest BCUT2D eigenvalue weighted by Gasteiger charge is 2.30. The van der Waals surface area contributed by atoms with Crippen LogP contribution in [0.4, 0.5) is 0 Å². The molecule has 2 heteroatoms. The Hall–Kier alpha value is -1.05. The third kappa shape index (κ3) is 2.99. The second-order valence-electron chi connectivity index (χ2n) is 5.27. The van der Waals surface area contributed by atoms with Crippen molar-refractivity contribution in [1.82, 2.24) is 0 Å². The fourth-order valence-electron chi connectivity index (χ4n) is 3.23. The lowest BCUT2D eigenvalue weighted by Crippen LogP contribution is -2.30. The molecule has 1 fully saturated rings. The first kappa shape index (κ1) is 12.4. The molecule has 0 heterocycles. The zero-order chi connectivity index (χ0) is 12.3. The van der Waals surface area contributed by atoms with Gasteiger partial charge in [0.15, 0.2) is 0 Å². The highest BCUT2D eigenvalue weighted by molar-refractivity contribution is 5.81. The third-order valence-electron chi connectivity index (χ3n) is 4.03. The number of hydrogen-bond acceptors (Lipinski definition) is 2. The van der Waals surface area contributed by atoms with Crippen molar-refractivity contribution in [3.05, 3.63) is 24.3 Å². The first-order chi connectivity index (χ1) is 8.22. The van der Waals surface area contributed by atoms with Crippen molar-refractivity contribution < 1.29 is 9.53 Å². The van der Waals surface area contributed by atoms with Crippen LogP contribution in [0.15, 0.2) is 24.3 Å². The summed E-state index contributed by atoms with van der Waals surface area (Å²) in [5.74, 6) is 0.967. The summed E-state index contributed by atoms with van der Waals surface area (Å²) in [5.41, 5.74) is 1.59. The maximum absolute atomic E-state index is 11.3. The fourth-order valence-corrected chi connectivity index (χ4v) is 3.23. The van der Waals surface area contributed by atoms with Crippen LogP contribution in [-0.2, 0) is 9.53 Å². The minimum absolute atomic E-state index is 0.0383. The van der Waals surface area contributed by atoms with E-state index in [0.717, 1.165) is 12.3 Å². The summed E-state index contributed by atoms with van der Waals surface area (Å²) in [6.07, 6.45) is 11.0. The first-order valence-corrected chi connectivity index (χ1v) is 6.75. The molecule has 2 aliphatic carbocycles. The molecule has 0 saturated heterocycles. The Morgan fingerprint density at radius 2 is 2.53 bits per heavy atom. The molecule has 0 aromatic heterocycles. The van der Waals surface area contributed by atoms with Crippen molar-refractivity contribution in [3.8, 4) is 0 Å². The minimum Gasteiger partial charge on any atom is -0.459 e. The maximum Gasteiger partial charge on any atom is 0.330 e. The van der Waals surface area contributed by atoms with E-state index in [9.17, 15) is 4.79 Å². The summed E-state index contributed by atoms with van der Waals surface area (Å²) in [6.45, 7) is 5.55. The number of allylic oxidation sites excluding steroid dienone is 1. The lowest BCUT2D eigenvalue weighted by Gasteiger charge is -2.35. The molecule has 3 atom stereocenters. The molecular weight excluding hydrogens is 212 g/mol. The Balaban J connectivity index is 2.04. The molecule has 0 amide bonds. The lowest BCUT2D eigenvalue weighted by molar-refractivity contribution is -0.145. The zero-order valence-corrected chi connectivity index (χ0v) is 10.7. The van der Waals surface area contributed by atoms with E-state index in [1.165, 1.54) is 38.2 Å². The van der Waals surface area contributed by atoms with Gasteiger partial charge in [-0.25, -0.2) is 4.79 Å². The van der Waals surface area contributed by atoms with E-state index in [2.05, 4.69) is 19.6 Å². The Morgan fingerprint density at radius 1 is 1.71 bits per heavy atom. The summed E-state index contributed by atoms with van der Waals surface area (Å²) in [4.78, 5) is 11.3. The maximum atomic E-state index is 11.3. The zero-order valence-electron chi connectivity index (χ0n) is 10.7. The number of esters is 1. The van der Waals surface area contributed by atoms with Crippen LogP contribution in [0.5, 0.6) is 0 Å². The molecular formula is C15H22O2. The van der Waals surface area contributed by atoms with E-state index >= 15 is 0 Å². The Bertz CT molecular complexity index is 330. The summed E-state index contributed by atoms with van der Waals surface area (Å²) in [6, 6.07) is 0. The smallest absolute Gasteiger partial charge is 0.330 e. The van der Waals surface area contributed by atoms with Crippen LogP contribution in [0.1, 0.15) is 45.4 Å². The summed E-state index contributed by atoms with van der Waals surface area (Å²) >= 11 is 0. The molecule has 1 saturated carbocycles. The van der Waals surface area contributed by atoms with Crippen molar-refractivity contribution in [1.29, 1.82) is 0 Å². The Labute approximate surface area is 104 Å². The summed E-state index contributed by atoms with van der Waals surface area (Å²) in [7, 11) is 0. The van der Waals surface area contributed by atoms with Crippen LogP contribution in [0.2, 0.25) is 0 Å². The monoisotopic (exact) mass is 234 g/mol. The highest BCUT2D eigenvalue weighted by Crippen LogP contribution is 2.40. The van der Waals surface area contributed by atoms with Gasteiger partial charge in [0.2, 0.25) is 0 Å². The Morgan fingerprint density at radius 3 is 3.18 bits per heavy atom. The van der Waals surface area contributed by atoms with Crippen molar-refractivity contribution in [3.63, 3.8) is 0 Å². The van der Waals surface area contributed by atoms with Crippen LogP contribution in [-0.4, -0.2) is 12.1 Å². The van der Waals surface area contributed by atoms with E-state index in [4.69, 9.17) is 4.74 Å². The van der Waals surface area contributed by atoms with Crippen molar-refractivity contribution >= 4 is 5.97 Å². The molecule has 0 radical (unpaired) electrons. The molecule has 2 rings (SSSR count). The van der Waals surface area contributed by atoms with Crippen molar-refractivity contribution in [2.24, 2.45) is 11.8 Å². The lowest BCUT2D eigenvalue weighted by atomic mass is 9.72. The molecule has 0 aromatic rings. The van der Waals surface area contributed by atoms with Gasteiger partial charge < -0.3 is 4.74 Å².